The predicted molar refractivity (Wildman–Crippen MR) is 183 cm³/mol. The summed E-state index contributed by atoms with van der Waals surface area (Å²) >= 11 is 0. The van der Waals surface area contributed by atoms with E-state index in [1.54, 1.807) is 58.9 Å². The summed E-state index contributed by atoms with van der Waals surface area (Å²) < 4.78 is 180. The number of aryl methyl sites for hydroxylation is 5. The molecule has 6 nitrogen and oxygen atoms in total. The zero-order valence-electron chi connectivity index (χ0n) is 30.4. The smallest absolute Gasteiger partial charge is 0.460 e. The van der Waals surface area contributed by atoms with Crippen LogP contribution >= 0.6 is 0 Å². The molecule has 0 saturated carbocycles. The molecule has 0 amide bonds. The summed E-state index contributed by atoms with van der Waals surface area (Å²) in [7, 11) is 0. The molecule has 3 aromatic carbocycles. The number of hydrogen-bond acceptors (Lipinski definition) is 6. The summed E-state index contributed by atoms with van der Waals surface area (Å²) in [6.07, 6.45) is -4.25. The van der Waals surface area contributed by atoms with E-state index in [9.17, 15) is 63.6 Å². The zero-order valence-corrected chi connectivity index (χ0v) is 30.4. The largest absolute Gasteiger partial charge is 0.507 e. The second-order valence-electron chi connectivity index (χ2n) is 13.9. The lowest BCUT2D eigenvalue weighted by molar-refractivity contribution is -0.441. The van der Waals surface area contributed by atoms with Gasteiger partial charge in [-0.25, -0.2) is 0 Å². The fourth-order valence-electron chi connectivity index (χ4n) is 5.51. The maximum absolute atomic E-state index is 15.1. The number of benzene rings is 3. The Hall–Kier alpha value is -4.84. The van der Waals surface area contributed by atoms with Crippen molar-refractivity contribution in [3.8, 4) is 17.2 Å². The first-order valence-corrected chi connectivity index (χ1v) is 16.2. The average molecular weight is 818 g/mol. The molecule has 0 aliphatic heterocycles. The van der Waals surface area contributed by atoms with Crippen LogP contribution < -0.4 is 0 Å². The SMILES string of the molecule is Cc1cc(C)c(O)c(C=NCC(C)(CN=Cc2cc(C)cc(C)c2O)CN=Cc2cc(C)cc(C(F)(F)C(F)(F)C(F)(F)C(F)(F)C(F)(F)C(F)(F)F)c2O)c1. The molecule has 0 aromatic heterocycles. The van der Waals surface area contributed by atoms with Crippen LogP contribution in [0.25, 0.3) is 0 Å². The summed E-state index contributed by atoms with van der Waals surface area (Å²) in [5.41, 5.74) is -1.65. The first kappa shape index (κ1) is 45.5. The molecule has 0 saturated heterocycles. The van der Waals surface area contributed by atoms with E-state index < -0.39 is 63.6 Å². The molecule has 308 valence electrons. The maximum atomic E-state index is 15.1. The third kappa shape index (κ3) is 8.60. The van der Waals surface area contributed by atoms with Crippen LogP contribution in [0.15, 0.2) is 51.4 Å². The van der Waals surface area contributed by atoms with Gasteiger partial charge in [0.05, 0.1) is 5.56 Å². The summed E-state index contributed by atoms with van der Waals surface area (Å²) in [6.45, 7) is 8.76. The lowest BCUT2D eigenvalue weighted by Crippen LogP contribution is -2.69. The first-order valence-electron chi connectivity index (χ1n) is 16.2. The molecule has 0 aliphatic rings. The standard InChI is InChI=1S/C37H36F13N3O3/c1-19-7-22(4)28(54)24(9-19)13-51-16-31(6,17-52-14-25-10-20(2)8-23(5)29(25)55)18-53-15-26-11-21(3)12-27(30(26)56)32(38,39)33(40,41)34(42,43)35(44,45)36(46,47)37(48,49)50/h7-15,54-56H,16-18H2,1-6H3. The van der Waals surface area contributed by atoms with E-state index in [0.29, 0.717) is 28.5 Å². The molecule has 0 radical (unpaired) electrons. The van der Waals surface area contributed by atoms with E-state index in [-0.39, 0.29) is 37.2 Å². The Morgan fingerprint density at radius 2 is 0.786 bits per heavy atom. The number of halogens is 13. The Morgan fingerprint density at radius 3 is 1.14 bits per heavy atom. The highest BCUT2D eigenvalue weighted by molar-refractivity contribution is 5.86. The van der Waals surface area contributed by atoms with Crippen molar-refractivity contribution >= 4 is 18.6 Å². The third-order valence-electron chi connectivity index (χ3n) is 8.61. The highest BCUT2D eigenvalue weighted by Crippen LogP contribution is 2.62. The fourth-order valence-corrected chi connectivity index (χ4v) is 5.51. The van der Waals surface area contributed by atoms with Crippen LogP contribution in [0.2, 0.25) is 0 Å². The van der Waals surface area contributed by atoms with Gasteiger partial charge in [-0.1, -0.05) is 19.1 Å². The van der Waals surface area contributed by atoms with Crippen molar-refractivity contribution in [3.63, 3.8) is 0 Å². The van der Waals surface area contributed by atoms with E-state index in [0.717, 1.165) is 24.1 Å². The summed E-state index contributed by atoms with van der Waals surface area (Å²) in [6, 6.07) is 7.46. The topological polar surface area (TPSA) is 97.8 Å². The molecule has 3 rings (SSSR count). The van der Waals surface area contributed by atoms with Crippen LogP contribution in [-0.2, 0) is 5.92 Å². The number of aliphatic imine (C=N–C) groups is 3. The van der Waals surface area contributed by atoms with E-state index in [4.69, 9.17) is 0 Å². The number of phenolic OH excluding ortho intramolecular Hbond substituents is 3. The molecule has 3 N–H and O–H groups in total. The van der Waals surface area contributed by atoms with Crippen LogP contribution in [0.4, 0.5) is 57.1 Å². The summed E-state index contributed by atoms with van der Waals surface area (Å²) in [5.74, 6) is -40.5. The number of hydrogen-bond donors (Lipinski definition) is 3. The maximum Gasteiger partial charge on any atom is 0.460 e. The Balaban J connectivity index is 2.04. The van der Waals surface area contributed by atoms with Gasteiger partial charge in [0.2, 0.25) is 0 Å². The van der Waals surface area contributed by atoms with E-state index >= 15 is 8.78 Å². The Labute approximate surface area is 312 Å². The number of rotatable bonds is 14. The summed E-state index contributed by atoms with van der Waals surface area (Å²) in [4.78, 5) is 12.8. The van der Waals surface area contributed by atoms with Gasteiger partial charge in [-0.05, 0) is 86.7 Å². The van der Waals surface area contributed by atoms with Crippen LogP contribution in [0.3, 0.4) is 0 Å². The second-order valence-corrected chi connectivity index (χ2v) is 13.9. The molecule has 0 fully saturated rings. The highest BCUT2D eigenvalue weighted by Gasteiger charge is 2.91. The number of phenols is 3. The Kier molecular flexibility index (Phi) is 12.7. The number of nitrogens with zero attached hydrogens (tertiary/aromatic N) is 3. The van der Waals surface area contributed by atoms with Gasteiger partial charge in [-0.3, -0.25) is 15.0 Å². The van der Waals surface area contributed by atoms with Crippen molar-refractivity contribution in [1.29, 1.82) is 0 Å². The average Bonchev–Trinajstić information content (AvgIpc) is 3.05. The van der Waals surface area contributed by atoms with Gasteiger partial charge in [-0.2, -0.15) is 57.1 Å². The van der Waals surface area contributed by atoms with Crippen LogP contribution in [-0.4, -0.2) is 83.5 Å². The second kappa shape index (κ2) is 15.6. The predicted octanol–water partition coefficient (Wildman–Crippen LogP) is 10.2. The lowest BCUT2D eigenvalue weighted by Gasteiger charge is -2.40. The minimum absolute atomic E-state index is 0.0639. The van der Waals surface area contributed by atoms with Gasteiger partial charge in [0.15, 0.2) is 0 Å². The molecule has 56 heavy (non-hydrogen) atoms. The van der Waals surface area contributed by atoms with Gasteiger partial charge in [-0.15, -0.1) is 0 Å². The molecule has 0 heterocycles. The third-order valence-corrected chi connectivity index (χ3v) is 8.61. The van der Waals surface area contributed by atoms with E-state index in [2.05, 4.69) is 15.0 Å². The van der Waals surface area contributed by atoms with Gasteiger partial charge in [0.25, 0.3) is 0 Å². The monoisotopic (exact) mass is 817 g/mol. The molecule has 19 heteroatoms. The molecule has 3 aromatic rings. The van der Waals surface area contributed by atoms with Crippen LogP contribution in [0.1, 0.15) is 57.0 Å². The quantitative estimate of drug-likeness (QED) is 0.112. The van der Waals surface area contributed by atoms with Crippen molar-refractivity contribution in [2.45, 2.75) is 77.3 Å². The minimum Gasteiger partial charge on any atom is -0.507 e. The van der Waals surface area contributed by atoms with E-state index in [1.807, 2.05) is 0 Å². The number of aromatic hydroxyl groups is 3. The van der Waals surface area contributed by atoms with Crippen molar-refractivity contribution in [3.05, 3.63) is 86.5 Å². The highest BCUT2D eigenvalue weighted by atomic mass is 19.4. The van der Waals surface area contributed by atoms with Gasteiger partial charge in [0, 0.05) is 60.4 Å². The van der Waals surface area contributed by atoms with Crippen LogP contribution in [0, 0.1) is 40.0 Å². The van der Waals surface area contributed by atoms with Gasteiger partial charge < -0.3 is 15.3 Å². The zero-order chi connectivity index (χ0) is 43.0. The van der Waals surface area contributed by atoms with Gasteiger partial charge in [0.1, 0.15) is 17.2 Å². The first-order chi connectivity index (χ1) is 25.3. The van der Waals surface area contributed by atoms with Crippen molar-refractivity contribution in [1.82, 2.24) is 0 Å². The fraction of sp³-hybridized carbons (Fsp3) is 0.432. The molecule has 0 aliphatic carbocycles. The lowest BCUT2D eigenvalue weighted by atomic mass is 9.88. The molecular weight excluding hydrogens is 781 g/mol. The van der Waals surface area contributed by atoms with Crippen molar-refractivity contribution < 1.29 is 72.4 Å². The summed E-state index contributed by atoms with van der Waals surface area (Å²) in [5, 5.41) is 31.4. The van der Waals surface area contributed by atoms with Gasteiger partial charge >= 0.3 is 35.8 Å². The molecule has 0 atom stereocenters. The van der Waals surface area contributed by atoms with Crippen molar-refractivity contribution in [2.24, 2.45) is 20.4 Å². The molecule has 0 spiro atoms. The molecular formula is C37H36F13N3O3. The minimum atomic E-state index is -8.10. The van der Waals surface area contributed by atoms with Crippen LogP contribution in [0.5, 0.6) is 17.2 Å². The van der Waals surface area contributed by atoms with E-state index in [1.165, 1.54) is 12.4 Å². The normalized spacial score (nSPS) is 15.1. The Morgan fingerprint density at radius 1 is 0.464 bits per heavy atom. The molecule has 0 unspecified atom stereocenters. The Bertz CT molecular complexity index is 1950. The number of alkyl halides is 13. The van der Waals surface area contributed by atoms with Crippen molar-refractivity contribution in [2.75, 3.05) is 19.6 Å². The molecule has 0 bridgehead atoms.